The van der Waals surface area contributed by atoms with E-state index in [9.17, 15) is 14.4 Å². The molecule has 2 amide bonds. The Morgan fingerprint density at radius 3 is 2.41 bits per heavy atom. The van der Waals surface area contributed by atoms with Gasteiger partial charge in [-0.15, -0.1) is 5.06 Å². The molecule has 4 rings (SSSR count). The standard InChI is InChI=1S/C26H24N2O4/c1-19-14-17-25(30)28(19)32-26(31)13-7-6-12-24(29)27-18-22-10-3-2-8-20(22)15-16-21-9-4-5-11-23(21)27/h2-5,8-11H,1,6-7,12-14,17-18H2. The maximum Gasteiger partial charge on any atom is 0.333 e. The van der Waals surface area contributed by atoms with Crippen LogP contribution in [0.2, 0.25) is 0 Å². The minimum atomic E-state index is -0.491. The summed E-state index contributed by atoms with van der Waals surface area (Å²) in [5.41, 5.74) is 4.03. The molecule has 0 unspecified atom stereocenters. The second-order valence-corrected chi connectivity index (χ2v) is 7.83. The summed E-state index contributed by atoms with van der Waals surface area (Å²) in [5, 5.41) is 0.989. The minimum Gasteiger partial charge on any atom is -0.334 e. The van der Waals surface area contributed by atoms with Crippen molar-refractivity contribution in [1.29, 1.82) is 0 Å². The average Bonchev–Trinajstić information content (AvgIpc) is 3.10. The summed E-state index contributed by atoms with van der Waals surface area (Å²) in [6.07, 6.45) is 2.28. The van der Waals surface area contributed by atoms with Crippen molar-refractivity contribution in [3.8, 4) is 11.8 Å². The molecule has 0 bridgehead atoms. The first kappa shape index (κ1) is 21.4. The first-order valence-corrected chi connectivity index (χ1v) is 10.7. The van der Waals surface area contributed by atoms with Crippen molar-refractivity contribution in [2.45, 2.75) is 45.1 Å². The fourth-order valence-corrected chi connectivity index (χ4v) is 3.78. The summed E-state index contributed by atoms with van der Waals surface area (Å²) >= 11 is 0. The largest absolute Gasteiger partial charge is 0.334 e. The molecule has 1 fully saturated rings. The number of hydrogen-bond acceptors (Lipinski definition) is 4. The molecule has 0 saturated carbocycles. The lowest BCUT2D eigenvalue weighted by Crippen LogP contribution is -2.31. The Balaban J connectivity index is 1.37. The van der Waals surface area contributed by atoms with Gasteiger partial charge in [-0.1, -0.05) is 48.8 Å². The fourth-order valence-electron chi connectivity index (χ4n) is 3.78. The predicted octanol–water partition coefficient (Wildman–Crippen LogP) is 4.09. The molecule has 0 N–H and O–H groups in total. The molecule has 0 aromatic heterocycles. The molecule has 2 aliphatic rings. The number of fused-ring (bicyclic) bond motifs is 2. The summed E-state index contributed by atoms with van der Waals surface area (Å²) in [4.78, 5) is 43.8. The van der Waals surface area contributed by atoms with Crippen LogP contribution in [0.4, 0.5) is 5.69 Å². The van der Waals surface area contributed by atoms with Gasteiger partial charge in [0.05, 0.1) is 17.9 Å². The van der Waals surface area contributed by atoms with Gasteiger partial charge in [-0.2, -0.15) is 0 Å². The van der Waals surface area contributed by atoms with Gasteiger partial charge in [0.15, 0.2) is 0 Å². The van der Waals surface area contributed by atoms with E-state index in [0.29, 0.717) is 44.3 Å². The van der Waals surface area contributed by atoms with Gasteiger partial charge >= 0.3 is 5.97 Å². The molecule has 0 spiro atoms. The molecular formula is C26H24N2O4. The van der Waals surface area contributed by atoms with Gasteiger partial charge in [-0.25, -0.2) is 4.79 Å². The van der Waals surface area contributed by atoms with Gasteiger partial charge in [0.25, 0.3) is 5.91 Å². The van der Waals surface area contributed by atoms with E-state index in [-0.39, 0.29) is 18.2 Å². The van der Waals surface area contributed by atoms with Crippen LogP contribution in [-0.4, -0.2) is 22.8 Å². The van der Waals surface area contributed by atoms with Crippen LogP contribution in [0, 0.1) is 11.8 Å². The highest BCUT2D eigenvalue weighted by atomic mass is 16.7. The summed E-state index contributed by atoms with van der Waals surface area (Å²) < 4.78 is 0. The molecule has 162 valence electrons. The lowest BCUT2D eigenvalue weighted by molar-refractivity contribution is -0.186. The van der Waals surface area contributed by atoms with E-state index in [1.807, 2.05) is 48.5 Å². The van der Waals surface area contributed by atoms with Crippen molar-refractivity contribution >= 4 is 23.5 Å². The van der Waals surface area contributed by atoms with E-state index in [0.717, 1.165) is 27.4 Å². The SMILES string of the molecule is C=C1CCC(=O)N1OC(=O)CCCCC(=O)N1Cc2ccccc2C#Cc2ccccc21. The highest BCUT2D eigenvalue weighted by Crippen LogP contribution is 2.26. The van der Waals surface area contributed by atoms with E-state index >= 15 is 0 Å². The normalized spacial score (nSPS) is 14.6. The number of anilines is 1. The van der Waals surface area contributed by atoms with Crippen LogP contribution in [0.15, 0.2) is 60.8 Å². The maximum atomic E-state index is 13.1. The molecule has 32 heavy (non-hydrogen) atoms. The Morgan fingerprint density at radius 2 is 1.62 bits per heavy atom. The molecular weight excluding hydrogens is 404 g/mol. The third-order valence-corrected chi connectivity index (χ3v) is 5.53. The Bertz CT molecular complexity index is 1130. The van der Waals surface area contributed by atoms with Crippen molar-refractivity contribution in [3.05, 3.63) is 77.5 Å². The summed E-state index contributed by atoms with van der Waals surface area (Å²) in [6.45, 7) is 4.17. The second-order valence-electron chi connectivity index (χ2n) is 7.83. The second kappa shape index (κ2) is 9.52. The summed E-state index contributed by atoms with van der Waals surface area (Å²) in [6, 6.07) is 15.5. The van der Waals surface area contributed by atoms with Crippen molar-refractivity contribution in [3.63, 3.8) is 0 Å². The quantitative estimate of drug-likeness (QED) is 0.514. The van der Waals surface area contributed by atoms with Crippen LogP contribution in [0.1, 0.15) is 55.2 Å². The summed E-state index contributed by atoms with van der Waals surface area (Å²) in [7, 11) is 0. The van der Waals surface area contributed by atoms with Crippen LogP contribution in [0.3, 0.4) is 0 Å². The first-order chi connectivity index (χ1) is 15.5. The van der Waals surface area contributed by atoms with Crippen LogP contribution in [0.5, 0.6) is 0 Å². The molecule has 2 heterocycles. The molecule has 1 saturated heterocycles. The van der Waals surface area contributed by atoms with Gasteiger partial charge in [0, 0.05) is 30.4 Å². The number of nitrogens with zero attached hydrogens (tertiary/aromatic N) is 2. The molecule has 6 heteroatoms. The number of amides is 2. The molecule has 0 atom stereocenters. The van der Waals surface area contributed by atoms with Crippen LogP contribution < -0.4 is 4.90 Å². The zero-order valence-electron chi connectivity index (χ0n) is 17.8. The molecule has 2 aromatic rings. The van der Waals surface area contributed by atoms with E-state index < -0.39 is 5.97 Å². The zero-order valence-corrected chi connectivity index (χ0v) is 17.8. The number of unbranched alkanes of at least 4 members (excludes halogenated alkanes) is 1. The van der Waals surface area contributed by atoms with Gasteiger partial charge < -0.3 is 9.74 Å². The smallest absolute Gasteiger partial charge is 0.333 e. The van der Waals surface area contributed by atoms with Crippen LogP contribution >= 0.6 is 0 Å². The number of rotatable bonds is 6. The van der Waals surface area contributed by atoms with Crippen molar-refractivity contribution in [2.24, 2.45) is 0 Å². The Morgan fingerprint density at radius 1 is 0.938 bits per heavy atom. The lowest BCUT2D eigenvalue weighted by atomic mass is 10.0. The number of allylic oxidation sites excluding steroid dienone is 1. The summed E-state index contributed by atoms with van der Waals surface area (Å²) in [5.74, 6) is 5.63. The maximum absolute atomic E-state index is 13.1. The first-order valence-electron chi connectivity index (χ1n) is 10.7. The third kappa shape index (κ3) is 4.73. The molecule has 0 aliphatic carbocycles. The highest BCUT2D eigenvalue weighted by Gasteiger charge is 2.28. The molecule has 2 aliphatic heterocycles. The number of carbonyl (C=O) groups excluding carboxylic acids is 3. The van der Waals surface area contributed by atoms with Crippen molar-refractivity contribution in [2.75, 3.05) is 4.90 Å². The number of benzene rings is 2. The average molecular weight is 428 g/mol. The number of hydroxylamine groups is 2. The third-order valence-electron chi connectivity index (χ3n) is 5.53. The Labute approximate surface area is 187 Å². The topological polar surface area (TPSA) is 66.9 Å². The van der Waals surface area contributed by atoms with E-state index in [1.165, 1.54) is 0 Å². The van der Waals surface area contributed by atoms with E-state index in [2.05, 4.69) is 18.4 Å². The van der Waals surface area contributed by atoms with Crippen molar-refractivity contribution < 1.29 is 19.2 Å². The van der Waals surface area contributed by atoms with Crippen LogP contribution in [-0.2, 0) is 25.8 Å². The lowest BCUT2D eigenvalue weighted by Gasteiger charge is -2.26. The van der Waals surface area contributed by atoms with Gasteiger partial charge in [-0.3, -0.25) is 9.59 Å². The monoisotopic (exact) mass is 428 g/mol. The Hall–Kier alpha value is -3.85. The van der Waals surface area contributed by atoms with Gasteiger partial charge in [-0.05, 0) is 43.0 Å². The highest BCUT2D eigenvalue weighted by molar-refractivity contribution is 5.95. The van der Waals surface area contributed by atoms with E-state index in [4.69, 9.17) is 4.84 Å². The van der Waals surface area contributed by atoms with Gasteiger partial charge in [0.2, 0.25) is 5.91 Å². The Kier molecular flexibility index (Phi) is 6.37. The van der Waals surface area contributed by atoms with Gasteiger partial charge in [0.1, 0.15) is 0 Å². The molecule has 6 nitrogen and oxygen atoms in total. The molecule has 0 radical (unpaired) electrons. The number of hydrogen-bond donors (Lipinski definition) is 0. The molecule has 2 aromatic carbocycles. The minimum absolute atomic E-state index is 0.0209. The number of para-hydroxylation sites is 1. The number of carbonyl (C=O) groups is 3. The van der Waals surface area contributed by atoms with E-state index in [1.54, 1.807) is 4.90 Å². The van der Waals surface area contributed by atoms with Crippen LogP contribution in [0.25, 0.3) is 0 Å². The van der Waals surface area contributed by atoms with Crippen molar-refractivity contribution in [1.82, 2.24) is 5.06 Å². The zero-order chi connectivity index (χ0) is 22.5. The fraction of sp³-hybridized carbons (Fsp3) is 0.269. The predicted molar refractivity (Wildman–Crippen MR) is 120 cm³/mol.